The molecule has 1 unspecified atom stereocenters. The maximum Gasteiger partial charge on any atom is 0.287 e. The van der Waals surface area contributed by atoms with Gasteiger partial charge in [-0.05, 0) is 12.5 Å². The molecule has 22 heavy (non-hydrogen) atoms. The van der Waals surface area contributed by atoms with Gasteiger partial charge in [-0.25, -0.2) is 4.68 Å². The molecule has 116 valence electrons. The Morgan fingerprint density at radius 1 is 1.50 bits per heavy atom. The number of nitrogens with one attached hydrogen (secondary N) is 1. The minimum Gasteiger partial charge on any atom is -0.493 e. The van der Waals surface area contributed by atoms with E-state index in [4.69, 9.17) is 21.1 Å². The van der Waals surface area contributed by atoms with Crippen molar-refractivity contribution < 1.29 is 9.47 Å². The van der Waals surface area contributed by atoms with E-state index in [1.165, 1.54) is 4.68 Å². The average Bonchev–Trinajstić information content (AvgIpc) is 2.54. The van der Waals surface area contributed by atoms with Gasteiger partial charge in [0.15, 0.2) is 11.5 Å². The number of rotatable bonds is 3. The minimum atomic E-state index is -0.328. The van der Waals surface area contributed by atoms with E-state index < -0.39 is 0 Å². The van der Waals surface area contributed by atoms with Crippen LogP contribution in [0.15, 0.2) is 29.2 Å². The monoisotopic (exact) mass is 321 g/mol. The third-order valence-corrected chi connectivity index (χ3v) is 3.98. The van der Waals surface area contributed by atoms with Gasteiger partial charge in [0.05, 0.1) is 25.0 Å². The van der Waals surface area contributed by atoms with E-state index in [1.807, 2.05) is 18.2 Å². The highest BCUT2D eigenvalue weighted by molar-refractivity contribution is 6.32. The molecule has 1 aliphatic heterocycles. The number of fused-ring (bicyclic) bond motifs is 1. The van der Waals surface area contributed by atoms with E-state index in [1.54, 1.807) is 20.4 Å². The van der Waals surface area contributed by atoms with Crippen LogP contribution in [0.1, 0.15) is 5.56 Å². The quantitative estimate of drug-likeness (QED) is 0.934. The van der Waals surface area contributed by atoms with E-state index in [-0.39, 0.29) is 16.6 Å². The second-order valence-corrected chi connectivity index (χ2v) is 5.48. The van der Waals surface area contributed by atoms with Crippen molar-refractivity contribution in [1.82, 2.24) is 9.78 Å². The van der Waals surface area contributed by atoms with Gasteiger partial charge in [-0.1, -0.05) is 23.7 Å². The number of hydrogen-bond donors (Lipinski definition) is 1. The smallest absolute Gasteiger partial charge is 0.287 e. The SMILES string of the molecule is COc1cccc2c1OCC(Nc1cnn(C)c(=O)c1Cl)C2. The third-order valence-electron chi connectivity index (χ3n) is 3.61. The van der Waals surface area contributed by atoms with Gasteiger partial charge in [0.2, 0.25) is 0 Å². The summed E-state index contributed by atoms with van der Waals surface area (Å²) in [7, 11) is 3.18. The van der Waals surface area contributed by atoms with Crippen LogP contribution < -0.4 is 20.3 Å². The lowest BCUT2D eigenvalue weighted by atomic mass is 10.0. The molecule has 0 saturated heterocycles. The number of ether oxygens (including phenoxy) is 2. The number of methoxy groups -OCH3 is 1. The first-order valence-electron chi connectivity index (χ1n) is 6.87. The van der Waals surface area contributed by atoms with Gasteiger partial charge < -0.3 is 14.8 Å². The fourth-order valence-electron chi connectivity index (χ4n) is 2.48. The van der Waals surface area contributed by atoms with Gasteiger partial charge >= 0.3 is 0 Å². The fourth-order valence-corrected chi connectivity index (χ4v) is 2.70. The van der Waals surface area contributed by atoms with Gasteiger partial charge in [-0.15, -0.1) is 0 Å². The molecule has 2 aromatic rings. The molecular weight excluding hydrogens is 306 g/mol. The Bertz CT molecular complexity index is 760. The highest BCUT2D eigenvalue weighted by Crippen LogP contribution is 2.35. The van der Waals surface area contributed by atoms with Crippen LogP contribution in [0, 0.1) is 0 Å². The molecular formula is C15H16ClN3O3. The number of hydrogen-bond acceptors (Lipinski definition) is 5. The number of nitrogens with zero attached hydrogens (tertiary/aromatic N) is 2. The second-order valence-electron chi connectivity index (χ2n) is 5.11. The first-order chi connectivity index (χ1) is 10.6. The van der Waals surface area contributed by atoms with Crippen LogP contribution in [0.5, 0.6) is 11.5 Å². The van der Waals surface area contributed by atoms with Crippen molar-refractivity contribution in [3.63, 3.8) is 0 Å². The van der Waals surface area contributed by atoms with Crippen LogP contribution in [0.25, 0.3) is 0 Å². The van der Waals surface area contributed by atoms with Crippen LogP contribution >= 0.6 is 11.6 Å². The van der Waals surface area contributed by atoms with E-state index in [0.29, 0.717) is 12.3 Å². The summed E-state index contributed by atoms with van der Waals surface area (Å²) in [5.74, 6) is 1.50. The van der Waals surface area contributed by atoms with E-state index in [0.717, 1.165) is 23.5 Å². The molecule has 1 aliphatic rings. The zero-order valence-corrected chi connectivity index (χ0v) is 13.1. The van der Waals surface area contributed by atoms with Gasteiger partial charge in [-0.3, -0.25) is 4.79 Å². The zero-order chi connectivity index (χ0) is 15.7. The molecule has 0 amide bonds. The number of halogens is 1. The molecule has 0 bridgehead atoms. The van der Waals surface area contributed by atoms with Crippen molar-refractivity contribution in [3.8, 4) is 11.5 Å². The molecule has 1 N–H and O–H groups in total. The van der Waals surface area contributed by atoms with Crippen molar-refractivity contribution in [3.05, 3.63) is 45.3 Å². The van der Waals surface area contributed by atoms with Crippen LogP contribution in [0.2, 0.25) is 5.02 Å². The van der Waals surface area contributed by atoms with Gasteiger partial charge in [0, 0.05) is 12.6 Å². The molecule has 0 fully saturated rings. The standard InChI is InChI=1S/C15H16ClN3O3/c1-19-15(20)13(16)11(7-17-19)18-10-6-9-4-3-5-12(21-2)14(9)22-8-10/h3-5,7,10,18H,6,8H2,1-2H3. The zero-order valence-electron chi connectivity index (χ0n) is 12.3. The molecule has 7 heteroatoms. The number of anilines is 1. The Morgan fingerprint density at radius 3 is 3.09 bits per heavy atom. The van der Waals surface area contributed by atoms with Crippen molar-refractivity contribution in [2.24, 2.45) is 7.05 Å². The fraction of sp³-hybridized carbons (Fsp3) is 0.333. The van der Waals surface area contributed by atoms with Crippen LogP contribution in [-0.2, 0) is 13.5 Å². The Balaban J connectivity index is 1.81. The first-order valence-corrected chi connectivity index (χ1v) is 7.25. The third kappa shape index (κ3) is 2.62. The lowest BCUT2D eigenvalue weighted by molar-refractivity contribution is 0.256. The summed E-state index contributed by atoms with van der Waals surface area (Å²) in [5.41, 5.74) is 1.24. The number of para-hydroxylation sites is 1. The molecule has 3 rings (SSSR count). The van der Waals surface area contributed by atoms with Gasteiger partial charge in [-0.2, -0.15) is 5.10 Å². The van der Waals surface area contributed by atoms with Crippen molar-refractivity contribution in [2.75, 3.05) is 19.0 Å². The van der Waals surface area contributed by atoms with Crippen LogP contribution in [0.4, 0.5) is 5.69 Å². The molecule has 1 aromatic carbocycles. The molecule has 0 spiro atoms. The Labute approximate surface area is 132 Å². The van der Waals surface area contributed by atoms with Gasteiger partial charge in [0.25, 0.3) is 5.56 Å². The van der Waals surface area contributed by atoms with Gasteiger partial charge in [0.1, 0.15) is 11.6 Å². The highest BCUT2D eigenvalue weighted by atomic mass is 35.5. The number of aromatic nitrogens is 2. The van der Waals surface area contributed by atoms with E-state index >= 15 is 0 Å². The maximum absolute atomic E-state index is 11.8. The lowest BCUT2D eigenvalue weighted by Gasteiger charge is -2.28. The predicted molar refractivity (Wildman–Crippen MR) is 84.1 cm³/mol. The molecule has 1 atom stereocenters. The lowest BCUT2D eigenvalue weighted by Crippen LogP contribution is -2.34. The topological polar surface area (TPSA) is 65.4 Å². The highest BCUT2D eigenvalue weighted by Gasteiger charge is 2.23. The normalized spacial score (nSPS) is 16.6. The molecule has 0 aliphatic carbocycles. The van der Waals surface area contributed by atoms with Crippen molar-refractivity contribution >= 4 is 17.3 Å². The summed E-state index contributed by atoms with van der Waals surface area (Å²) in [6, 6.07) is 5.80. The average molecular weight is 322 g/mol. The molecule has 0 saturated carbocycles. The predicted octanol–water partition coefficient (Wildman–Crippen LogP) is 1.86. The van der Waals surface area contributed by atoms with Crippen LogP contribution in [0.3, 0.4) is 0 Å². The maximum atomic E-state index is 11.8. The Morgan fingerprint density at radius 2 is 2.32 bits per heavy atom. The van der Waals surface area contributed by atoms with E-state index in [2.05, 4.69) is 10.4 Å². The summed E-state index contributed by atoms with van der Waals surface area (Å²) in [4.78, 5) is 11.8. The second kappa shape index (κ2) is 5.88. The summed E-state index contributed by atoms with van der Waals surface area (Å²) in [6.07, 6.45) is 2.29. The molecule has 6 nitrogen and oxygen atoms in total. The van der Waals surface area contributed by atoms with Crippen LogP contribution in [-0.4, -0.2) is 29.5 Å². The largest absolute Gasteiger partial charge is 0.493 e. The summed E-state index contributed by atoms with van der Waals surface area (Å²) < 4.78 is 12.3. The summed E-state index contributed by atoms with van der Waals surface area (Å²) >= 11 is 6.07. The first kappa shape index (κ1) is 14.7. The summed E-state index contributed by atoms with van der Waals surface area (Å²) in [6.45, 7) is 0.457. The molecule has 0 radical (unpaired) electrons. The number of benzene rings is 1. The number of aryl methyl sites for hydroxylation is 1. The Kier molecular flexibility index (Phi) is 3.94. The minimum absolute atomic E-state index is 0.00557. The summed E-state index contributed by atoms with van der Waals surface area (Å²) in [5, 5.41) is 7.33. The Hall–Kier alpha value is -2.21. The van der Waals surface area contributed by atoms with Crippen molar-refractivity contribution in [1.29, 1.82) is 0 Å². The van der Waals surface area contributed by atoms with E-state index in [9.17, 15) is 4.79 Å². The molecule has 1 aromatic heterocycles. The molecule has 2 heterocycles. The van der Waals surface area contributed by atoms with Crippen molar-refractivity contribution in [2.45, 2.75) is 12.5 Å².